The highest BCUT2D eigenvalue weighted by Crippen LogP contribution is 2.18. The first-order chi connectivity index (χ1) is 19.2. The molecule has 7 heteroatoms. The zero-order chi connectivity index (χ0) is 28.8. The molecule has 40 heavy (non-hydrogen) atoms. The van der Waals surface area contributed by atoms with Crippen LogP contribution < -0.4 is 15.4 Å². The third kappa shape index (κ3) is 11.5. The summed E-state index contributed by atoms with van der Waals surface area (Å²) in [7, 11) is 0. The molecule has 0 saturated carbocycles. The molecule has 1 atom stereocenters. The molecule has 1 aromatic heterocycles. The van der Waals surface area contributed by atoms with Gasteiger partial charge < -0.3 is 20.1 Å². The van der Waals surface area contributed by atoms with Gasteiger partial charge in [-0.2, -0.15) is 0 Å². The van der Waals surface area contributed by atoms with Crippen molar-refractivity contribution in [1.82, 2.24) is 10.3 Å². The maximum absolute atomic E-state index is 13.3. The molecule has 2 N–H and O–H groups in total. The first kappa shape index (κ1) is 30.7. The molecule has 0 fully saturated rings. The lowest BCUT2D eigenvalue weighted by Gasteiger charge is -2.23. The number of unbranched alkanes of at least 4 members (excludes halogenated alkanes) is 4. The molecule has 0 radical (unpaired) electrons. The van der Waals surface area contributed by atoms with Gasteiger partial charge in [-0.15, -0.1) is 0 Å². The molecular formula is C33H43N3O4. The third-order valence-electron chi connectivity index (χ3n) is 6.32. The van der Waals surface area contributed by atoms with Crippen molar-refractivity contribution in [2.75, 3.05) is 5.32 Å². The highest BCUT2D eigenvalue weighted by atomic mass is 16.6. The topological polar surface area (TPSA) is 89.5 Å². The van der Waals surface area contributed by atoms with E-state index in [0.29, 0.717) is 24.5 Å². The van der Waals surface area contributed by atoms with Gasteiger partial charge in [-0.1, -0.05) is 56.9 Å². The van der Waals surface area contributed by atoms with E-state index in [2.05, 4.69) is 34.7 Å². The van der Waals surface area contributed by atoms with Crippen LogP contribution in [0.4, 0.5) is 10.5 Å². The van der Waals surface area contributed by atoms with Crippen molar-refractivity contribution in [1.29, 1.82) is 0 Å². The van der Waals surface area contributed by atoms with E-state index < -0.39 is 17.7 Å². The SMILES string of the molecule is CCCCCCCc1ccc(NC(=O)[C@H](Cc2ccc(OCc3ccncc3)cc2)NC(=O)OC(C)(C)C)cc1. The molecular weight excluding hydrogens is 502 g/mol. The Morgan fingerprint density at radius 1 is 0.825 bits per heavy atom. The summed E-state index contributed by atoms with van der Waals surface area (Å²) in [5, 5.41) is 5.70. The summed E-state index contributed by atoms with van der Waals surface area (Å²) in [5.74, 6) is 0.406. The smallest absolute Gasteiger partial charge is 0.408 e. The van der Waals surface area contributed by atoms with Crippen LogP contribution in [0.3, 0.4) is 0 Å². The summed E-state index contributed by atoms with van der Waals surface area (Å²) < 4.78 is 11.3. The van der Waals surface area contributed by atoms with Gasteiger partial charge in [0.15, 0.2) is 0 Å². The van der Waals surface area contributed by atoms with Crippen molar-refractivity contribution >= 4 is 17.7 Å². The molecule has 2 aromatic carbocycles. The Bertz CT molecular complexity index is 1170. The quantitative estimate of drug-likeness (QED) is 0.208. The van der Waals surface area contributed by atoms with E-state index in [-0.39, 0.29) is 5.91 Å². The number of aryl methyl sites for hydroxylation is 1. The Morgan fingerprint density at radius 3 is 2.12 bits per heavy atom. The minimum absolute atomic E-state index is 0.297. The second-order valence-electron chi connectivity index (χ2n) is 11.0. The number of hydrogen-bond acceptors (Lipinski definition) is 5. The monoisotopic (exact) mass is 545 g/mol. The molecule has 1 heterocycles. The van der Waals surface area contributed by atoms with Gasteiger partial charge in [-0.25, -0.2) is 4.79 Å². The van der Waals surface area contributed by atoms with Gasteiger partial charge >= 0.3 is 6.09 Å². The van der Waals surface area contributed by atoms with Gasteiger partial charge in [0.25, 0.3) is 0 Å². The highest BCUT2D eigenvalue weighted by molar-refractivity contribution is 5.96. The largest absolute Gasteiger partial charge is 0.489 e. The zero-order valence-corrected chi connectivity index (χ0v) is 24.2. The molecule has 0 aliphatic heterocycles. The maximum atomic E-state index is 13.3. The lowest BCUT2D eigenvalue weighted by atomic mass is 10.0. The molecule has 0 unspecified atom stereocenters. The van der Waals surface area contributed by atoms with E-state index in [4.69, 9.17) is 9.47 Å². The molecule has 214 valence electrons. The standard InChI is InChI=1S/C33H43N3O4/c1-5-6-7-8-9-10-25-11-15-28(16-12-25)35-31(37)30(36-32(38)40-33(2,3)4)23-26-13-17-29(18-14-26)39-24-27-19-21-34-22-20-27/h11-22,30H,5-10,23-24H2,1-4H3,(H,35,37)(H,36,38)/t30-/m0/s1. The average Bonchev–Trinajstić information content (AvgIpc) is 2.92. The summed E-state index contributed by atoms with van der Waals surface area (Å²) >= 11 is 0. The number of aromatic nitrogens is 1. The lowest BCUT2D eigenvalue weighted by molar-refractivity contribution is -0.118. The number of ether oxygens (including phenoxy) is 2. The zero-order valence-electron chi connectivity index (χ0n) is 24.2. The second-order valence-corrected chi connectivity index (χ2v) is 11.0. The summed E-state index contributed by atoms with van der Waals surface area (Å²) in [6.07, 6.45) is 10.4. The Balaban J connectivity index is 1.61. The first-order valence-electron chi connectivity index (χ1n) is 14.2. The molecule has 2 amide bonds. The van der Waals surface area contributed by atoms with Crippen LogP contribution in [0.25, 0.3) is 0 Å². The number of alkyl carbamates (subject to hydrolysis) is 1. The van der Waals surface area contributed by atoms with Gasteiger partial charge in [0.05, 0.1) is 0 Å². The molecule has 0 bridgehead atoms. The summed E-state index contributed by atoms with van der Waals surface area (Å²) in [4.78, 5) is 29.9. The van der Waals surface area contributed by atoms with Gasteiger partial charge in [-0.05, 0) is 86.7 Å². The normalized spacial score (nSPS) is 11.9. The number of hydrogen-bond donors (Lipinski definition) is 2. The number of amides is 2. The van der Waals surface area contributed by atoms with E-state index >= 15 is 0 Å². The molecule has 0 aliphatic rings. The van der Waals surface area contributed by atoms with Gasteiger partial charge in [0.2, 0.25) is 5.91 Å². The fourth-order valence-electron chi connectivity index (χ4n) is 4.18. The minimum Gasteiger partial charge on any atom is -0.489 e. The third-order valence-corrected chi connectivity index (χ3v) is 6.32. The predicted molar refractivity (Wildman–Crippen MR) is 159 cm³/mol. The first-order valence-corrected chi connectivity index (χ1v) is 14.2. The van der Waals surface area contributed by atoms with E-state index in [1.807, 2.05) is 48.5 Å². The number of nitrogens with one attached hydrogen (secondary N) is 2. The van der Waals surface area contributed by atoms with E-state index in [1.165, 1.54) is 37.7 Å². The van der Waals surface area contributed by atoms with Crippen molar-refractivity contribution in [3.63, 3.8) is 0 Å². The van der Waals surface area contributed by atoms with Crippen LogP contribution in [-0.2, 0) is 29.0 Å². The van der Waals surface area contributed by atoms with Crippen LogP contribution in [0.5, 0.6) is 5.75 Å². The van der Waals surface area contributed by atoms with Crippen molar-refractivity contribution in [3.8, 4) is 5.75 Å². The lowest BCUT2D eigenvalue weighted by Crippen LogP contribution is -2.47. The summed E-state index contributed by atoms with van der Waals surface area (Å²) in [5.41, 5.74) is 3.17. The van der Waals surface area contributed by atoms with Crippen molar-refractivity contribution < 1.29 is 19.1 Å². The molecule has 0 aliphatic carbocycles. The van der Waals surface area contributed by atoms with Crippen LogP contribution in [-0.4, -0.2) is 28.6 Å². The Hall–Kier alpha value is -3.87. The molecule has 3 aromatic rings. The number of anilines is 1. The van der Waals surface area contributed by atoms with Gasteiger partial charge in [-0.3, -0.25) is 9.78 Å². The molecule has 3 rings (SSSR count). The van der Waals surface area contributed by atoms with Gasteiger partial charge in [0.1, 0.15) is 24.0 Å². The highest BCUT2D eigenvalue weighted by Gasteiger charge is 2.25. The number of rotatable bonds is 14. The van der Waals surface area contributed by atoms with Gasteiger partial charge in [0, 0.05) is 24.5 Å². The Morgan fingerprint density at radius 2 is 1.48 bits per heavy atom. The Labute approximate surface area is 238 Å². The molecule has 0 spiro atoms. The van der Waals surface area contributed by atoms with E-state index in [0.717, 1.165) is 17.5 Å². The minimum atomic E-state index is -0.823. The van der Waals surface area contributed by atoms with Crippen molar-refractivity contribution in [2.24, 2.45) is 0 Å². The number of nitrogens with zero attached hydrogens (tertiary/aromatic N) is 1. The predicted octanol–water partition coefficient (Wildman–Crippen LogP) is 7.25. The number of carbonyl (C=O) groups excluding carboxylic acids is 2. The molecule has 0 saturated heterocycles. The summed E-state index contributed by atoms with van der Waals surface area (Å²) in [6.45, 7) is 8.02. The number of benzene rings is 2. The van der Waals surface area contributed by atoms with Crippen LogP contribution in [0.1, 0.15) is 76.5 Å². The van der Waals surface area contributed by atoms with Crippen LogP contribution in [0.15, 0.2) is 73.1 Å². The number of pyridine rings is 1. The van der Waals surface area contributed by atoms with E-state index in [9.17, 15) is 9.59 Å². The molecule has 7 nitrogen and oxygen atoms in total. The second kappa shape index (κ2) is 15.7. The van der Waals surface area contributed by atoms with Crippen LogP contribution >= 0.6 is 0 Å². The number of carbonyl (C=O) groups is 2. The fourth-order valence-corrected chi connectivity index (χ4v) is 4.18. The fraction of sp³-hybridized carbons (Fsp3) is 0.424. The van der Waals surface area contributed by atoms with E-state index in [1.54, 1.807) is 33.2 Å². The average molecular weight is 546 g/mol. The summed E-state index contributed by atoms with van der Waals surface area (Å²) in [6, 6.07) is 18.4. The van der Waals surface area contributed by atoms with Crippen LogP contribution in [0, 0.1) is 0 Å². The van der Waals surface area contributed by atoms with Crippen LogP contribution in [0.2, 0.25) is 0 Å². The van der Waals surface area contributed by atoms with Crippen molar-refractivity contribution in [2.45, 2.75) is 90.9 Å². The Kier molecular flexibility index (Phi) is 12.0. The van der Waals surface area contributed by atoms with Crippen molar-refractivity contribution in [3.05, 3.63) is 89.7 Å². The maximum Gasteiger partial charge on any atom is 0.408 e.